The molecule has 1 spiro atoms. The third-order valence-electron chi connectivity index (χ3n) is 8.01. The molecular formula is C27H28F2N6O2. The Labute approximate surface area is 212 Å². The second-order valence-corrected chi connectivity index (χ2v) is 11.0. The molecule has 8 nitrogen and oxygen atoms in total. The number of pyridine rings is 1. The Hall–Kier alpha value is -3.58. The zero-order chi connectivity index (χ0) is 25.8. The molecule has 0 saturated heterocycles. The molecule has 0 aromatic carbocycles. The molecule has 3 aromatic rings. The molecule has 10 heteroatoms. The van der Waals surface area contributed by atoms with E-state index in [4.69, 9.17) is 5.26 Å². The van der Waals surface area contributed by atoms with Crippen LogP contribution in [-0.2, 0) is 0 Å². The van der Waals surface area contributed by atoms with Gasteiger partial charge in [-0.3, -0.25) is 9.78 Å². The van der Waals surface area contributed by atoms with Crippen LogP contribution in [0.5, 0.6) is 0 Å². The Balaban J connectivity index is 1.26. The average Bonchev–Trinajstić information content (AvgIpc) is 3.25. The fraction of sp³-hybridized carbons (Fsp3) is 0.481. The van der Waals surface area contributed by atoms with E-state index in [2.05, 4.69) is 26.8 Å². The Bertz CT molecular complexity index is 1400. The van der Waals surface area contributed by atoms with E-state index in [1.807, 2.05) is 18.2 Å². The number of carbonyl (C=O) groups is 1. The third kappa shape index (κ3) is 4.53. The van der Waals surface area contributed by atoms with Gasteiger partial charge in [-0.25, -0.2) is 13.3 Å². The molecule has 0 aliphatic heterocycles. The van der Waals surface area contributed by atoms with Gasteiger partial charge in [-0.1, -0.05) is 0 Å². The maximum atomic E-state index is 13.4. The number of fused-ring (bicyclic) bond motifs is 1. The highest BCUT2D eigenvalue weighted by molar-refractivity contribution is 6.00. The number of nitrogens with one attached hydrogen (secondary N) is 2. The predicted molar refractivity (Wildman–Crippen MR) is 132 cm³/mol. The summed E-state index contributed by atoms with van der Waals surface area (Å²) >= 11 is 0. The summed E-state index contributed by atoms with van der Waals surface area (Å²) in [5.74, 6) is -2.86. The van der Waals surface area contributed by atoms with Crippen molar-refractivity contribution in [2.24, 2.45) is 5.41 Å². The first kappa shape index (κ1) is 23.8. The standard InChI is InChI=1S/C27H28F2N6O2/c28-27(29)14-26(15-27)9-18(10-26)34-25(37)21-13-31-23(8-22(21)33-17-2-1-3-20(36)7-17)24-5-4-19-6-16(11-30)12-32-35(19)24/h4-6,8,12-13,17-18,20,36H,1-3,7,9-10,14-15H2,(H,31,33)(H,34,37)/t17-,20+/m0/s1. The lowest BCUT2D eigenvalue weighted by Crippen LogP contribution is -2.59. The second kappa shape index (κ2) is 8.77. The van der Waals surface area contributed by atoms with Crippen LogP contribution in [0.2, 0.25) is 0 Å². The Morgan fingerprint density at radius 2 is 1.97 bits per heavy atom. The van der Waals surface area contributed by atoms with Gasteiger partial charge in [-0.2, -0.15) is 10.4 Å². The lowest BCUT2D eigenvalue weighted by molar-refractivity contribution is -0.197. The normalized spacial score (nSPS) is 24.2. The van der Waals surface area contributed by atoms with E-state index in [0.717, 1.165) is 24.8 Å². The van der Waals surface area contributed by atoms with Gasteiger partial charge in [0.1, 0.15) is 6.07 Å². The summed E-state index contributed by atoms with van der Waals surface area (Å²) in [4.78, 5) is 17.8. The molecule has 3 fully saturated rings. The Morgan fingerprint density at radius 3 is 2.70 bits per heavy atom. The fourth-order valence-electron chi connectivity index (χ4n) is 6.35. The van der Waals surface area contributed by atoms with Crippen LogP contribution in [0.25, 0.3) is 16.9 Å². The molecule has 6 rings (SSSR count). The van der Waals surface area contributed by atoms with Crippen molar-refractivity contribution in [3.05, 3.63) is 47.8 Å². The van der Waals surface area contributed by atoms with Gasteiger partial charge in [-0.15, -0.1) is 0 Å². The van der Waals surface area contributed by atoms with Crippen LogP contribution in [0.3, 0.4) is 0 Å². The number of aromatic nitrogens is 3. The maximum absolute atomic E-state index is 13.4. The number of amides is 1. The van der Waals surface area contributed by atoms with Crippen LogP contribution in [-0.4, -0.2) is 49.7 Å². The highest BCUT2D eigenvalue weighted by atomic mass is 19.3. The minimum atomic E-state index is -2.57. The van der Waals surface area contributed by atoms with Crippen LogP contribution in [0.1, 0.15) is 67.3 Å². The summed E-state index contributed by atoms with van der Waals surface area (Å²) in [5, 5.41) is 30.1. The van der Waals surface area contributed by atoms with Gasteiger partial charge in [0, 0.05) is 31.1 Å². The number of alkyl halides is 2. The van der Waals surface area contributed by atoms with E-state index in [1.54, 1.807) is 10.6 Å². The van der Waals surface area contributed by atoms with Gasteiger partial charge >= 0.3 is 0 Å². The first-order chi connectivity index (χ1) is 17.7. The number of halogens is 2. The van der Waals surface area contributed by atoms with Crippen LogP contribution in [0.15, 0.2) is 36.7 Å². The summed E-state index contributed by atoms with van der Waals surface area (Å²) < 4.78 is 28.4. The summed E-state index contributed by atoms with van der Waals surface area (Å²) in [6.07, 6.45) is 6.73. The molecule has 3 aliphatic rings. The van der Waals surface area contributed by atoms with Crippen molar-refractivity contribution < 1.29 is 18.7 Å². The van der Waals surface area contributed by atoms with Gasteiger partial charge in [0.15, 0.2) is 0 Å². The van der Waals surface area contributed by atoms with E-state index in [9.17, 15) is 18.7 Å². The molecule has 2 atom stereocenters. The Kier molecular flexibility index (Phi) is 5.64. The van der Waals surface area contributed by atoms with Crippen LogP contribution in [0, 0.1) is 16.7 Å². The zero-order valence-corrected chi connectivity index (χ0v) is 20.3. The van der Waals surface area contributed by atoms with Crippen molar-refractivity contribution >= 4 is 17.1 Å². The number of nitriles is 1. The van der Waals surface area contributed by atoms with Crippen molar-refractivity contribution in [3.63, 3.8) is 0 Å². The average molecular weight is 507 g/mol. The molecular weight excluding hydrogens is 478 g/mol. The van der Waals surface area contributed by atoms with Gasteiger partial charge in [-0.05, 0) is 68.2 Å². The van der Waals surface area contributed by atoms with Crippen LogP contribution in [0.4, 0.5) is 14.5 Å². The van der Waals surface area contributed by atoms with Crippen molar-refractivity contribution in [3.8, 4) is 17.5 Å². The number of nitrogens with zero attached hydrogens (tertiary/aromatic N) is 4. The molecule has 0 radical (unpaired) electrons. The van der Waals surface area contributed by atoms with Crippen molar-refractivity contribution in [1.29, 1.82) is 5.26 Å². The number of aliphatic hydroxyl groups is 1. The van der Waals surface area contributed by atoms with Crippen molar-refractivity contribution in [2.75, 3.05) is 5.32 Å². The van der Waals surface area contributed by atoms with E-state index in [0.29, 0.717) is 47.5 Å². The minimum Gasteiger partial charge on any atom is -0.393 e. The molecule has 3 aromatic heterocycles. The quantitative estimate of drug-likeness (QED) is 0.476. The van der Waals surface area contributed by atoms with Crippen LogP contribution < -0.4 is 10.6 Å². The molecule has 0 unspecified atom stereocenters. The van der Waals surface area contributed by atoms with Crippen LogP contribution >= 0.6 is 0 Å². The summed E-state index contributed by atoms with van der Waals surface area (Å²) in [5.41, 5.74) is 3.19. The Morgan fingerprint density at radius 1 is 1.16 bits per heavy atom. The number of hydrogen-bond acceptors (Lipinski definition) is 6. The largest absolute Gasteiger partial charge is 0.393 e. The maximum Gasteiger partial charge on any atom is 0.255 e. The second-order valence-electron chi connectivity index (χ2n) is 11.0. The summed E-state index contributed by atoms with van der Waals surface area (Å²) in [7, 11) is 0. The van der Waals surface area contributed by atoms with Gasteiger partial charge in [0.05, 0.1) is 46.0 Å². The number of rotatable bonds is 5. The first-order valence-corrected chi connectivity index (χ1v) is 12.7. The lowest BCUT2D eigenvalue weighted by atomic mass is 9.52. The van der Waals surface area contributed by atoms with E-state index < -0.39 is 5.92 Å². The lowest BCUT2D eigenvalue weighted by Gasteiger charge is -2.57. The molecule has 192 valence electrons. The van der Waals surface area contributed by atoms with Gasteiger partial charge in [0.2, 0.25) is 5.92 Å². The first-order valence-electron chi connectivity index (χ1n) is 12.7. The van der Waals surface area contributed by atoms with Crippen molar-refractivity contribution in [2.45, 2.75) is 75.5 Å². The summed E-state index contributed by atoms with van der Waals surface area (Å²) in [6.45, 7) is 0. The van der Waals surface area contributed by atoms with E-state index >= 15 is 0 Å². The molecule has 3 saturated carbocycles. The zero-order valence-electron chi connectivity index (χ0n) is 20.3. The smallest absolute Gasteiger partial charge is 0.255 e. The molecule has 3 heterocycles. The molecule has 0 bridgehead atoms. The molecule has 3 aliphatic carbocycles. The number of aliphatic hydroxyl groups excluding tert-OH is 1. The van der Waals surface area contributed by atoms with Crippen molar-refractivity contribution in [1.82, 2.24) is 19.9 Å². The molecule has 3 N–H and O–H groups in total. The fourth-order valence-corrected chi connectivity index (χ4v) is 6.35. The number of carbonyl (C=O) groups excluding carboxylic acids is 1. The van der Waals surface area contributed by atoms with E-state index in [-0.39, 0.29) is 42.4 Å². The number of hydrogen-bond donors (Lipinski definition) is 3. The molecule has 1 amide bonds. The van der Waals surface area contributed by atoms with Gasteiger partial charge < -0.3 is 15.7 Å². The van der Waals surface area contributed by atoms with E-state index in [1.165, 1.54) is 12.4 Å². The SMILES string of the molecule is N#Cc1cnn2c(-c3cc(N[C@H]4CCC[C@@H](O)C4)c(C(=O)NC4CC5(C4)CC(F)(F)C5)cn3)ccc2c1. The highest BCUT2D eigenvalue weighted by Crippen LogP contribution is 2.62. The summed E-state index contributed by atoms with van der Waals surface area (Å²) in [6, 6.07) is 9.24. The minimum absolute atomic E-state index is 0.00935. The third-order valence-corrected chi connectivity index (χ3v) is 8.01. The molecule has 37 heavy (non-hydrogen) atoms. The predicted octanol–water partition coefficient (Wildman–Crippen LogP) is 4.29. The highest BCUT2D eigenvalue weighted by Gasteiger charge is 2.62. The monoisotopic (exact) mass is 506 g/mol. The van der Waals surface area contributed by atoms with Gasteiger partial charge in [0.25, 0.3) is 5.91 Å². The number of anilines is 1. The topological polar surface area (TPSA) is 115 Å².